The van der Waals surface area contributed by atoms with E-state index in [1.54, 1.807) is 0 Å². The van der Waals surface area contributed by atoms with Crippen molar-refractivity contribution in [2.45, 2.75) is 51.9 Å². The maximum Gasteiger partial charge on any atom is 0.163 e. The molecule has 0 saturated carbocycles. The minimum absolute atomic E-state index is 0.159. The zero-order chi connectivity index (χ0) is 9.73. The van der Waals surface area contributed by atoms with E-state index in [0.717, 1.165) is 6.42 Å². The predicted octanol–water partition coefficient (Wildman–Crippen LogP) is 2.88. The molecule has 1 rings (SSSR count). The van der Waals surface area contributed by atoms with Gasteiger partial charge in [-0.05, 0) is 20.3 Å². The van der Waals surface area contributed by atoms with Gasteiger partial charge in [-0.15, -0.1) is 0 Å². The fourth-order valence-electron chi connectivity index (χ4n) is 1.38. The van der Waals surface area contributed by atoms with E-state index in [2.05, 4.69) is 19.1 Å². The van der Waals surface area contributed by atoms with Crippen LogP contribution in [0, 0.1) is 0 Å². The van der Waals surface area contributed by atoms with Crippen molar-refractivity contribution in [3.8, 4) is 0 Å². The molecule has 1 aliphatic heterocycles. The molecule has 0 amide bonds. The van der Waals surface area contributed by atoms with Crippen molar-refractivity contribution in [2.75, 3.05) is 6.61 Å². The highest BCUT2D eigenvalue weighted by Gasteiger charge is 2.30. The molecule has 1 atom stereocenters. The van der Waals surface area contributed by atoms with E-state index in [-0.39, 0.29) is 11.9 Å². The van der Waals surface area contributed by atoms with E-state index < -0.39 is 0 Å². The van der Waals surface area contributed by atoms with Gasteiger partial charge in [-0.25, -0.2) is 0 Å². The second-order valence-electron chi connectivity index (χ2n) is 3.94. The summed E-state index contributed by atoms with van der Waals surface area (Å²) in [4.78, 5) is 0. The largest absolute Gasteiger partial charge is 0.347 e. The van der Waals surface area contributed by atoms with Gasteiger partial charge in [0.2, 0.25) is 0 Å². The van der Waals surface area contributed by atoms with E-state index in [4.69, 9.17) is 9.47 Å². The molecule has 1 fully saturated rings. The number of hydrogen-bond donors (Lipinski definition) is 0. The molecule has 1 saturated heterocycles. The third-order valence-corrected chi connectivity index (χ3v) is 2.11. The number of unbranched alkanes of at least 4 members (excludes halogenated alkanes) is 2. The summed E-state index contributed by atoms with van der Waals surface area (Å²) in [5, 5.41) is 0. The van der Waals surface area contributed by atoms with Crippen LogP contribution in [-0.4, -0.2) is 18.5 Å². The summed E-state index contributed by atoms with van der Waals surface area (Å²) in [7, 11) is 0. The molecular formula is C11H20O2. The Morgan fingerprint density at radius 3 is 2.77 bits per heavy atom. The average Bonchev–Trinajstić information content (AvgIpc) is 2.40. The van der Waals surface area contributed by atoms with Gasteiger partial charge in [-0.3, -0.25) is 0 Å². The molecule has 0 unspecified atom stereocenters. The summed E-state index contributed by atoms with van der Waals surface area (Å²) in [6, 6.07) is 0. The lowest BCUT2D eigenvalue weighted by Crippen LogP contribution is -2.20. The summed E-state index contributed by atoms with van der Waals surface area (Å²) >= 11 is 0. The van der Waals surface area contributed by atoms with Crippen LogP contribution >= 0.6 is 0 Å². The van der Waals surface area contributed by atoms with Gasteiger partial charge in [0.15, 0.2) is 5.79 Å². The first-order valence-electron chi connectivity index (χ1n) is 5.12. The number of hydrogen-bond acceptors (Lipinski definition) is 2. The third kappa shape index (κ3) is 3.92. The van der Waals surface area contributed by atoms with Crippen molar-refractivity contribution < 1.29 is 9.47 Å². The first kappa shape index (κ1) is 10.7. The molecule has 13 heavy (non-hydrogen) atoms. The Bertz CT molecular complexity index is 173. The van der Waals surface area contributed by atoms with Crippen LogP contribution in [0.4, 0.5) is 0 Å². The monoisotopic (exact) mass is 184 g/mol. The van der Waals surface area contributed by atoms with Crippen LogP contribution in [0.25, 0.3) is 0 Å². The second-order valence-corrected chi connectivity index (χ2v) is 3.94. The Morgan fingerprint density at radius 2 is 2.23 bits per heavy atom. The Hall–Kier alpha value is -0.340. The van der Waals surface area contributed by atoms with Gasteiger partial charge < -0.3 is 9.47 Å². The van der Waals surface area contributed by atoms with E-state index in [9.17, 15) is 0 Å². The first-order chi connectivity index (χ1) is 6.14. The molecule has 1 aliphatic rings. The van der Waals surface area contributed by atoms with Gasteiger partial charge in [-0.1, -0.05) is 31.9 Å². The van der Waals surface area contributed by atoms with Gasteiger partial charge in [0.25, 0.3) is 0 Å². The van der Waals surface area contributed by atoms with E-state index >= 15 is 0 Å². The van der Waals surface area contributed by atoms with Crippen LogP contribution in [0.1, 0.15) is 40.0 Å². The Morgan fingerprint density at radius 1 is 1.46 bits per heavy atom. The van der Waals surface area contributed by atoms with Crippen LogP contribution in [-0.2, 0) is 9.47 Å². The maximum atomic E-state index is 5.62. The first-order valence-corrected chi connectivity index (χ1v) is 5.12. The summed E-state index contributed by atoms with van der Waals surface area (Å²) in [6.45, 7) is 6.79. The summed E-state index contributed by atoms with van der Waals surface area (Å²) in [5.41, 5.74) is 0. The topological polar surface area (TPSA) is 18.5 Å². The molecule has 1 heterocycles. The molecule has 2 heteroatoms. The van der Waals surface area contributed by atoms with Crippen LogP contribution < -0.4 is 0 Å². The van der Waals surface area contributed by atoms with Crippen LogP contribution in [0.2, 0.25) is 0 Å². The Balaban J connectivity index is 2.20. The molecule has 0 aliphatic carbocycles. The molecule has 0 aromatic carbocycles. The van der Waals surface area contributed by atoms with Gasteiger partial charge in [0.05, 0.1) is 6.61 Å². The van der Waals surface area contributed by atoms with Crippen molar-refractivity contribution in [1.29, 1.82) is 0 Å². The molecular weight excluding hydrogens is 164 g/mol. The number of rotatable bonds is 4. The lowest BCUT2D eigenvalue weighted by Gasteiger charge is -2.15. The van der Waals surface area contributed by atoms with Crippen molar-refractivity contribution >= 4 is 0 Å². The minimum atomic E-state index is -0.389. The lowest BCUT2D eigenvalue weighted by atomic mass is 10.2. The molecule has 0 bridgehead atoms. The molecule has 2 nitrogen and oxygen atoms in total. The maximum absolute atomic E-state index is 5.62. The highest BCUT2D eigenvalue weighted by molar-refractivity contribution is 4.92. The van der Waals surface area contributed by atoms with Crippen molar-refractivity contribution in [3.63, 3.8) is 0 Å². The quantitative estimate of drug-likeness (QED) is 0.494. The zero-order valence-electron chi connectivity index (χ0n) is 8.88. The van der Waals surface area contributed by atoms with Gasteiger partial charge in [-0.2, -0.15) is 0 Å². The Labute approximate surface area is 80.9 Å². The standard InChI is InChI=1S/C11H20O2/c1-4-5-6-7-8-10-9-12-11(2,3)13-10/h7-8,10H,4-6,9H2,1-3H3/t10-/m0/s1. The van der Waals surface area contributed by atoms with Gasteiger partial charge >= 0.3 is 0 Å². The smallest absolute Gasteiger partial charge is 0.163 e. The summed E-state index contributed by atoms with van der Waals surface area (Å²) in [5.74, 6) is -0.389. The van der Waals surface area contributed by atoms with E-state index in [1.165, 1.54) is 12.8 Å². The normalized spacial score (nSPS) is 27.2. The van der Waals surface area contributed by atoms with Crippen molar-refractivity contribution in [2.24, 2.45) is 0 Å². The molecule has 0 spiro atoms. The fraction of sp³-hybridized carbons (Fsp3) is 0.818. The van der Waals surface area contributed by atoms with Crippen molar-refractivity contribution in [3.05, 3.63) is 12.2 Å². The SMILES string of the molecule is CCCCC=C[C@H]1COC(C)(C)O1. The van der Waals surface area contributed by atoms with Crippen LogP contribution in [0.3, 0.4) is 0 Å². The van der Waals surface area contributed by atoms with E-state index in [0.29, 0.717) is 6.61 Å². The lowest BCUT2D eigenvalue weighted by molar-refractivity contribution is -0.133. The Kier molecular flexibility index (Phi) is 3.94. The number of allylic oxidation sites excluding steroid dienone is 1. The van der Waals surface area contributed by atoms with Crippen LogP contribution in [0.5, 0.6) is 0 Å². The molecule has 0 aromatic heterocycles. The fourth-order valence-corrected chi connectivity index (χ4v) is 1.38. The van der Waals surface area contributed by atoms with Crippen LogP contribution in [0.15, 0.2) is 12.2 Å². The zero-order valence-corrected chi connectivity index (χ0v) is 8.88. The average molecular weight is 184 g/mol. The highest BCUT2D eigenvalue weighted by atomic mass is 16.7. The number of ether oxygens (including phenoxy) is 2. The molecule has 0 N–H and O–H groups in total. The van der Waals surface area contributed by atoms with E-state index in [1.807, 2.05) is 13.8 Å². The highest BCUT2D eigenvalue weighted by Crippen LogP contribution is 2.22. The second kappa shape index (κ2) is 4.77. The third-order valence-electron chi connectivity index (χ3n) is 2.11. The molecule has 76 valence electrons. The minimum Gasteiger partial charge on any atom is -0.347 e. The van der Waals surface area contributed by atoms with Gasteiger partial charge in [0.1, 0.15) is 6.10 Å². The molecule has 0 aromatic rings. The predicted molar refractivity (Wildman–Crippen MR) is 53.6 cm³/mol. The summed E-state index contributed by atoms with van der Waals surface area (Å²) < 4.78 is 11.1. The van der Waals surface area contributed by atoms with Gasteiger partial charge in [0, 0.05) is 0 Å². The van der Waals surface area contributed by atoms with Crippen molar-refractivity contribution in [1.82, 2.24) is 0 Å². The summed E-state index contributed by atoms with van der Waals surface area (Å²) in [6.07, 6.45) is 8.12. The molecule has 0 radical (unpaired) electrons.